The van der Waals surface area contributed by atoms with Gasteiger partial charge in [-0.05, 0) is 110 Å². The lowest BCUT2D eigenvalue weighted by atomic mass is 9.97. The summed E-state index contributed by atoms with van der Waals surface area (Å²) in [7, 11) is 0. The Bertz CT molecular complexity index is 6420. The van der Waals surface area contributed by atoms with Crippen molar-refractivity contribution in [3.8, 4) is 135 Å². The molecule has 7 aromatic heterocycles. The summed E-state index contributed by atoms with van der Waals surface area (Å²) in [6.07, 6.45) is 1.87. The number of para-hydroxylation sites is 3. The molecular formula is C93H57N11S2. The second-order valence-electron chi connectivity index (χ2n) is 25.7. The van der Waals surface area contributed by atoms with Crippen molar-refractivity contribution in [2.24, 2.45) is 0 Å². The van der Waals surface area contributed by atoms with Crippen LogP contribution in [0.5, 0.6) is 0 Å². The van der Waals surface area contributed by atoms with Crippen molar-refractivity contribution in [2.45, 2.75) is 0 Å². The van der Waals surface area contributed by atoms with Crippen LogP contribution in [-0.4, -0.2) is 54.8 Å². The van der Waals surface area contributed by atoms with Gasteiger partial charge in [0, 0.05) is 60.8 Å². The minimum atomic E-state index is 0.618. The van der Waals surface area contributed by atoms with E-state index in [2.05, 4.69) is 243 Å². The minimum absolute atomic E-state index is 0.618. The van der Waals surface area contributed by atoms with E-state index in [0.29, 0.717) is 34.9 Å². The Morgan fingerprint density at radius 3 is 1.06 bits per heavy atom. The van der Waals surface area contributed by atoms with Gasteiger partial charge in [-0.1, -0.05) is 285 Å². The number of aromatic nitrogens is 11. The van der Waals surface area contributed by atoms with Crippen LogP contribution in [-0.2, 0) is 0 Å². The minimum Gasteiger partial charge on any atom is -0.253 e. The summed E-state index contributed by atoms with van der Waals surface area (Å²) in [4.78, 5) is 56.7. The number of fused-ring (bicyclic) bond motifs is 8. The highest BCUT2D eigenvalue weighted by atomic mass is 32.1. The molecule has 0 unspecified atom stereocenters. The fraction of sp³-hybridized carbons (Fsp3) is 0. The van der Waals surface area contributed by atoms with Crippen LogP contribution >= 0.6 is 22.7 Å². The van der Waals surface area contributed by atoms with Crippen molar-refractivity contribution in [1.29, 1.82) is 0 Å². The standard InChI is InChI=1S/C47H29N5S.C46H28N6S/c1-3-12-30(13-4-1)31-24-26-33(27-25-31)45-50-44(32-14-5-2-6-15-32)51-46(52-45)37-19-10-17-35(29-37)34-16-9-18-36(28-34)38-21-11-22-40-42(38)49-47-43(48-40)39-20-7-8-23-41(39)53-47;1-3-11-29(12-4-1)30-21-23-32(24-22-30)44-50-43(31-13-5-2-6-14-31)51-45(52-44)36-18-10-16-34(28-36)33-15-9-17-35(27-33)37-25-26-47-40-41-46(53-42(37)40)49-39-20-8-7-19-38(39)48-41/h1-29H;1-28H. The van der Waals surface area contributed by atoms with Crippen LogP contribution < -0.4 is 0 Å². The molecular weight excluding hydrogens is 1340 g/mol. The third kappa shape index (κ3) is 12.4. The molecule has 106 heavy (non-hydrogen) atoms. The molecule has 7 heterocycles. The molecule has 0 atom stereocenters. The maximum Gasteiger partial charge on any atom is 0.164 e. The molecule has 0 saturated carbocycles. The van der Waals surface area contributed by atoms with Gasteiger partial charge >= 0.3 is 0 Å². The van der Waals surface area contributed by atoms with Crippen LogP contribution in [0.3, 0.4) is 0 Å². The van der Waals surface area contributed by atoms with Gasteiger partial charge in [-0.2, -0.15) is 0 Å². The van der Waals surface area contributed by atoms with Crippen LogP contribution in [0.4, 0.5) is 0 Å². The van der Waals surface area contributed by atoms with E-state index in [1.807, 2.05) is 103 Å². The van der Waals surface area contributed by atoms with Crippen molar-refractivity contribution in [3.63, 3.8) is 0 Å². The Labute approximate surface area is 617 Å². The quantitative estimate of drug-likeness (QED) is 0.115. The first kappa shape index (κ1) is 63.1. The first-order valence-corrected chi connectivity index (χ1v) is 36.5. The zero-order chi connectivity index (χ0) is 70.3. The first-order chi connectivity index (χ1) is 52.5. The van der Waals surface area contributed by atoms with E-state index in [4.69, 9.17) is 54.8 Å². The average molecular weight is 1390 g/mol. The molecule has 0 bridgehead atoms. The summed E-state index contributed by atoms with van der Waals surface area (Å²) >= 11 is 3.33. The van der Waals surface area contributed by atoms with E-state index in [-0.39, 0.29) is 0 Å². The molecule has 0 radical (unpaired) electrons. The lowest BCUT2D eigenvalue weighted by Crippen LogP contribution is -2.00. The molecule has 496 valence electrons. The van der Waals surface area contributed by atoms with E-state index >= 15 is 0 Å². The molecule has 13 heteroatoms. The maximum atomic E-state index is 5.17. The van der Waals surface area contributed by atoms with Crippen molar-refractivity contribution in [2.75, 3.05) is 0 Å². The second-order valence-corrected chi connectivity index (χ2v) is 27.7. The summed E-state index contributed by atoms with van der Waals surface area (Å²) < 4.78 is 2.27. The predicted octanol–water partition coefficient (Wildman–Crippen LogP) is 23.8. The largest absolute Gasteiger partial charge is 0.253 e. The Morgan fingerprint density at radius 1 is 0.189 bits per heavy atom. The topological polar surface area (TPSA) is 142 Å². The zero-order valence-corrected chi connectivity index (χ0v) is 58.3. The van der Waals surface area contributed by atoms with Gasteiger partial charge < -0.3 is 0 Å². The van der Waals surface area contributed by atoms with Crippen LogP contribution in [0, 0.1) is 0 Å². The third-order valence-corrected chi connectivity index (χ3v) is 21.1. The number of rotatable bonds is 12. The van der Waals surface area contributed by atoms with Crippen molar-refractivity contribution in [3.05, 3.63) is 346 Å². The number of hydrogen-bond donors (Lipinski definition) is 0. The molecule has 11 nitrogen and oxygen atoms in total. The summed E-state index contributed by atoms with van der Waals surface area (Å²) in [5.74, 6) is 3.76. The Hall–Kier alpha value is -13.9. The van der Waals surface area contributed by atoms with E-state index in [0.717, 1.165) is 147 Å². The summed E-state index contributed by atoms with van der Waals surface area (Å²) in [6, 6.07) is 117. The highest BCUT2D eigenvalue weighted by Gasteiger charge is 2.20. The Balaban J connectivity index is 0.000000145. The molecule has 0 amide bonds. The fourth-order valence-corrected chi connectivity index (χ4v) is 15.8. The van der Waals surface area contributed by atoms with Crippen LogP contribution in [0.1, 0.15) is 0 Å². The van der Waals surface area contributed by atoms with Crippen LogP contribution in [0.25, 0.3) is 198 Å². The van der Waals surface area contributed by atoms with E-state index in [1.54, 1.807) is 22.7 Å². The number of nitrogens with zero attached hydrogens (tertiary/aromatic N) is 11. The number of hydrogen-bond acceptors (Lipinski definition) is 13. The van der Waals surface area contributed by atoms with E-state index in [9.17, 15) is 0 Å². The lowest BCUT2D eigenvalue weighted by molar-refractivity contribution is 1.07. The molecule has 0 aliphatic carbocycles. The molecule has 20 aromatic rings. The number of benzene rings is 13. The summed E-state index contributed by atoms with van der Waals surface area (Å²) in [5, 5.41) is 1.15. The predicted molar refractivity (Wildman–Crippen MR) is 435 cm³/mol. The summed E-state index contributed by atoms with van der Waals surface area (Å²) in [6.45, 7) is 0. The molecule has 0 N–H and O–H groups in total. The number of pyridine rings is 1. The lowest BCUT2D eigenvalue weighted by Gasteiger charge is -2.11. The molecule has 13 aromatic carbocycles. The van der Waals surface area contributed by atoms with Crippen molar-refractivity contribution >= 4 is 85.7 Å². The van der Waals surface area contributed by atoms with Gasteiger partial charge in [-0.25, -0.2) is 49.8 Å². The van der Waals surface area contributed by atoms with Gasteiger partial charge in [0.05, 0.1) is 26.8 Å². The second kappa shape index (κ2) is 27.5. The smallest absolute Gasteiger partial charge is 0.164 e. The molecule has 0 fully saturated rings. The molecule has 20 rings (SSSR count). The van der Waals surface area contributed by atoms with Gasteiger partial charge in [-0.15, -0.1) is 22.7 Å². The van der Waals surface area contributed by atoms with Gasteiger partial charge in [0.25, 0.3) is 0 Å². The SMILES string of the molecule is c1ccc(-c2ccc(-c3nc(-c4ccccc4)nc(-c4cccc(-c5cccc(-c6cccc7nc8c(nc67)sc6ccccc68)c5)c4)n3)cc2)cc1.c1ccc(-c2ccc(-c3nc(-c4ccccc4)nc(-c4cccc(-c5cccc(-c6ccnc7c6sc6nc8ccccc8nc67)c5)c4)n3)cc2)cc1. The average Bonchev–Trinajstić information content (AvgIpc) is 1.59. The first-order valence-electron chi connectivity index (χ1n) is 34.9. The van der Waals surface area contributed by atoms with Crippen LogP contribution in [0.2, 0.25) is 0 Å². The van der Waals surface area contributed by atoms with E-state index < -0.39 is 0 Å². The summed E-state index contributed by atoms with van der Waals surface area (Å²) in [5.41, 5.74) is 25.1. The van der Waals surface area contributed by atoms with Gasteiger partial charge in [-0.3, -0.25) is 4.98 Å². The fourth-order valence-electron chi connectivity index (χ4n) is 13.6. The zero-order valence-electron chi connectivity index (χ0n) is 56.6. The molecule has 0 aliphatic heterocycles. The monoisotopic (exact) mass is 1390 g/mol. The normalized spacial score (nSPS) is 11.4. The number of thiophene rings is 2. The van der Waals surface area contributed by atoms with Gasteiger partial charge in [0.1, 0.15) is 26.2 Å². The van der Waals surface area contributed by atoms with Gasteiger partial charge in [0.2, 0.25) is 0 Å². The Kier molecular flexibility index (Phi) is 16.4. The van der Waals surface area contributed by atoms with Gasteiger partial charge in [0.15, 0.2) is 34.9 Å². The maximum absolute atomic E-state index is 5.17. The highest BCUT2D eigenvalue weighted by Crippen LogP contribution is 2.41. The van der Waals surface area contributed by atoms with E-state index in [1.165, 1.54) is 15.8 Å². The molecule has 0 aliphatic rings. The molecule has 0 spiro atoms. The van der Waals surface area contributed by atoms with Crippen molar-refractivity contribution < 1.29 is 0 Å². The van der Waals surface area contributed by atoms with Crippen LogP contribution in [0.15, 0.2) is 346 Å². The Morgan fingerprint density at radius 2 is 0.538 bits per heavy atom. The highest BCUT2D eigenvalue weighted by molar-refractivity contribution is 7.26. The molecule has 0 saturated heterocycles. The third-order valence-electron chi connectivity index (χ3n) is 19.0. The van der Waals surface area contributed by atoms with Crippen molar-refractivity contribution in [1.82, 2.24) is 54.8 Å².